The van der Waals surface area contributed by atoms with E-state index in [0.29, 0.717) is 24.5 Å². The zero-order chi connectivity index (χ0) is 27.1. The highest BCUT2D eigenvalue weighted by Gasteiger charge is 2.37. The Morgan fingerprint density at radius 3 is 2.49 bits per heavy atom. The first-order valence-electron chi connectivity index (χ1n) is 13.5. The highest BCUT2D eigenvalue weighted by atomic mass is 32.2. The lowest BCUT2D eigenvalue weighted by Gasteiger charge is -2.41. The Morgan fingerprint density at radius 2 is 1.72 bits per heavy atom. The van der Waals surface area contributed by atoms with Crippen LogP contribution in [0.5, 0.6) is 0 Å². The molecule has 0 bridgehead atoms. The van der Waals surface area contributed by atoms with E-state index in [1.807, 2.05) is 42.2 Å². The first kappa shape index (κ1) is 26.2. The van der Waals surface area contributed by atoms with Gasteiger partial charge in [0.15, 0.2) is 0 Å². The van der Waals surface area contributed by atoms with Crippen LogP contribution in [0, 0.1) is 6.92 Å². The molecular weight excluding hydrogens is 526 g/mol. The molecule has 1 saturated heterocycles. The number of rotatable bonds is 5. The maximum absolute atomic E-state index is 13.6. The normalized spacial score (nSPS) is 20.7. The molecule has 3 aromatic carbocycles. The summed E-state index contributed by atoms with van der Waals surface area (Å²) in [5, 5.41) is 4.06. The number of amides is 1. The molecule has 2 aliphatic rings. The van der Waals surface area contributed by atoms with Crippen LogP contribution < -0.4 is 0 Å². The van der Waals surface area contributed by atoms with Crippen LogP contribution in [0.4, 0.5) is 0 Å². The van der Waals surface area contributed by atoms with Gasteiger partial charge in [-0.2, -0.15) is 4.31 Å². The van der Waals surface area contributed by atoms with Gasteiger partial charge in [0.1, 0.15) is 0 Å². The van der Waals surface area contributed by atoms with Gasteiger partial charge in [-0.15, -0.1) is 11.3 Å². The monoisotopic (exact) mass is 559 g/mol. The Labute approximate surface area is 234 Å². The average Bonchev–Trinajstić information content (AvgIpc) is 3.42. The van der Waals surface area contributed by atoms with Gasteiger partial charge in [-0.3, -0.25) is 9.69 Å². The Bertz CT molecular complexity index is 1610. The van der Waals surface area contributed by atoms with Crippen LogP contribution in [-0.2, 0) is 21.2 Å². The molecule has 39 heavy (non-hydrogen) atoms. The zero-order valence-electron chi connectivity index (χ0n) is 22.3. The third kappa shape index (κ3) is 5.02. The second-order valence-electron chi connectivity index (χ2n) is 10.6. The summed E-state index contributed by atoms with van der Waals surface area (Å²) < 4.78 is 28.7. The van der Waals surface area contributed by atoms with Gasteiger partial charge in [0, 0.05) is 37.1 Å². The van der Waals surface area contributed by atoms with Gasteiger partial charge in [-0.25, -0.2) is 8.42 Å². The van der Waals surface area contributed by atoms with E-state index < -0.39 is 10.0 Å². The molecule has 0 radical (unpaired) electrons. The van der Waals surface area contributed by atoms with Gasteiger partial charge in [0.25, 0.3) is 0 Å². The average molecular weight is 560 g/mol. The van der Waals surface area contributed by atoms with E-state index in [-0.39, 0.29) is 24.5 Å². The molecule has 0 aliphatic carbocycles. The summed E-state index contributed by atoms with van der Waals surface area (Å²) in [4.78, 5) is 19.4. The zero-order valence-corrected chi connectivity index (χ0v) is 23.9. The molecule has 6 rings (SSSR count). The Kier molecular flexibility index (Phi) is 7.05. The summed E-state index contributed by atoms with van der Waals surface area (Å²) in [5.41, 5.74) is 3.71. The first-order chi connectivity index (χ1) is 18.8. The van der Waals surface area contributed by atoms with Crippen molar-refractivity contribution < 1.29 is 13.2 Å². The van der Waals surface area contributed by atoms with Gasteiger partial charge >= 0.3 is 0 Å². The molecule has 2 atom stereocenters. The number of benzene rings is 3. The molecule has 2 unspecified atom stereocenters. The van der Waals surface area contributed by atoms with Crippen molar-refractivity contribution in [2.75, 3.05) is 32.7 Å². The number of fused-ring (bicyclic) bond motifs is 2. The molecule has 1 fully saturated rings. The highest BCUT2D eigenvalue weighted by Crippen LogP contribution is 2.38. The Balaban J connectivity index is 1.17. The number of thiophene rings is 1. The number of hydrogen-bond donors (Lipinski definition) is 0. The van der Waals surface area contributed by atoms with Gasteiger partial charge in [0.05, 0.1) is 17.5 Å². The largest absolute Gasteiger partial charge is 0.339 e. The minimum Gasteiger partial charge on any atom is -0.339 e. The molecule has 6 nitrogen and oxygen atoms in total. The predicted octanol–water partition coefficient (Wildman–Crippen LogP) is 5.08. The maximum atomic E-state index is 13.6. The van der Waals surface area contributed by atoms with Gasteiger partial charge in [0.2, 0.25) is 15.9 Å². The number of hydrogen-bond acceptors (Lipinski definition) is 5. The lowest BCUT2D eigenvalue weighted by molar-refractivity contribution is -0.135. The molecule has 0 spiro atoms. The van der Waals surface area contributed by atoms with Crippen LogP contribution in [0.2, 0.25) is 0 Å². The molecule has 0 N–H and O–H groups in total. The van der Waals surface area contributed by atoms with Crippen LogP contribution in [0.1, 0.15) is 34.5 Å². The van der Waals surface area contributed by atoms with Crippen LogP contribution >= 0.6 is 11.3 Å². The topological polar surface area (TPSA) is 60.9 Å². The van der Waals surface area contributed by atoms with Crippen molar-refractivity contribution in [3.63, 3.8) is 0 Å². The van der Waals surface area contributed by atoms with Crippen LogP contribution in [0.25, 0.3) is 10.8 Å². The second kappa shape index (κ2) is 10.5. The van der Waals surface area contributed by atoms with E-state index in [4.69, 9.17) is 0 Å². The van der Waals surface area contributed by atoms with E-state index >= 15 is 0 Å². The fraction of sp³-hybridized carbons (Fsp3) is 0.323. The molecule has 3 heterocycles. The van der Waals surface area contributed by atoms with E-state index in [1.165, 1.54) is 21.6 Å². The smallest absolute Gasteiger partial charge is 0.243 e. The van der Waals surface area contributed by atoms with Crippen molar-refractivity contribution >= 4 is 38.0 Å². The van der Waals surface area contributed by atoms with Crippen molar-refractivity contribution in [2.45, 2.75) is 37.2 Å². The lowest BCUT2D eigenvalue weighted by Crippen LogP contribution is -2.57. The van der Waals surface area contributed by atoms with Gasteiger partial charge in [-0.1, -0.05) is 60.2 Å². The first-order valence-corrected chi connectivity index (χ1v) is 15.8. The molecule has 8 heteroatoms. The predicted molar refractivity (Wildman–Crippen MR) is 156 cm³/mol. The van der Waals surface area contributed by atoms with Gasteiger partial charge < -0.3 is 4.90 Å². The van der Waals surface area contributed by atoms with E-state index in [9.17, 15) is 13.2 Å². The molecule has 0 saturated carbocycles. The van der Waals surface area contributed by atoms with Crippen molar-refractivity contribution in [1.29, 1.82) is 0 Å². The summed E-state index contributed by atoms with van der Waals surface area (Å²) >= 11 is 1.79. The summed E-state index contributed by atoms with van der Waals surface area (Å²) in [6.45, 7) is 6.19. The summed E-state index contributed by atoms with van der Waals surface area (Å²) in [6.07, 6.45) is 0.941. The van der Waals surface area contributed by atoms with Crippen molar-refractivity contribution in [1.82, 2.24) is 14.1 Å². The number of aryl methyl sites for hydroxylation is 1. The Morgan fingerprint density at radius 1 is 0.949 bits per heavy atom. The minimum absolute atomic E-state index is 0.0524. The Hall–Kier alpha value is -3.04. The lowest BCUT2D eigenvalue weighted by atomic mass is 9.92. The van der Waals surface area contributed by atoms with Crippen molar-refractivity contribution in [3.05, 3.63) is 99.7 Å². The number of piperazine rings is 1. The van der Waals surface area contributed by atoms with Crippen LogP contribution in [0.15, 0.2) is 83.1 Å². The standard InChI is InChI=1S/C31H33N3O3S2/c1-22-7-9-25(10-8-22)31-28-14-18-38-29(28)13-15-33(31)21-30(35)32-16-17-34(23(2)20-32)39(36,37)27-12-11-24-5-3-4-6-26(24)19-27/h3-12,14,18-19,23,31H,13,15-17,20-21H2,1-2H3. The number of sulfonamides is 1. The molecule has 2 aliphatic heterocycles. The highest BCUT2D eigenvalue weighted by molar-refractivity contribution is 7.89. The second-order valence-corrected chi connectivity index (χ2v) is 13.5. The number of carbonyl (C=O) groups is 1. The maximum Gasteiger partial charge on any atom is 0.243 e. The van der Waals surface area contributed by atoms with E-state index in [1.54, 1.807) is 27.8 Å². The SMILES string of the molecule is Cc1ccc(C2c3ccsc3CCN2CC(=O)N2CCN(S(=O)(=O)c3ccc4ccccc4c3)C(C)C2)cc1. The molecule has 1 amide bonds. The van der Waals surface area contributed by atoms with E-state index in [2.05, 4.69) is 47.5 Å². The fourth-order valence-corrected chi connectivity index (χ4v) is 8.49. The van der Waals surface area contributed by atoms with E-state index in [0.717, 1.165) is 23.7 Å². The summed E-state index contributed by atoms with van der Waals surface area (Å²) in [5.74, 6) is 0.0559. The van der Waals surface area contributed by atoms with Crippen LogP contribution in [0.3, 0.4) is 0 Å². The third-order valence-corrected chi connectivity index (χ3v) is 11.0. The molecule has 4 aromatic rings. The molecular formula is C31H33N3O3S2. The van der Waals surface area contributed by atoms with Crippen molar-refractivity contribution in [3.8, 4) is 0 Å². The minimum atomic E-state index is -3.67. The molecule has 202 valence electrons. The molecule has 1 aromatic heterocycles. The fourth-order valence-electron chi connectivity index (χ4n) is 5.94. The summed E-state index contributed by atoms with van der Waals surface area (Å²) in [6, 6.07) is 23.6. The quantitative estimate of drug-likeness (QED) is 0.342. The summed E-state index contributed by atoms with van der Waals surface area (Å²) in [7, 11) is -3.67. The van der Waals surface area contributed by atoms with Crippen LogP contribution in [-0.4, -0.2) is 67.2 Å². The van der Waals surface area contributed by atoms with Gasteiger partial charge in [-0.05, 0) is 65.7 Å². The van der Waals surface area contributed by atoms with Crippen molar-refractivity contribution in [2.24, 2.45) is 0 Å². The number of carbonyl (C=O) groups excluding carboxylic acids is 1. The third-order valence-electron chi connectivity index (χ3n) is 8.04. The number of nitrogens with zero attached hydrogens (tertiary/aromatic N) is 3.